The molecule has 0 unspecified atom stereocenters. The van der Waals surface area contributed by atoms with Crippen LogP contribution in [0.2, 0.25) is 0 Å². The van der Waals surface area contributed by atoms with E-state index in [1.54, 1.807) is 0 Å². The van der Waals surface area contributed by atoms with Crippen LogP contribution in [0.25, 0.3) is 0 Å². The maximum absolute atomic E-state index is 12.0. The Morgan fingerprint density at radius 2 is 2.10 bits per heavy atom. The van der Waals surface area contributed by atoms with Gasteiger partial charge in [-0.2, -0.15) is 0 Å². The molecule has 4 amide bonds. The summed E-state index contributed by atoms with van der Waals surface area (Å²) in [7, 11) is 0. The van der Waals surface area contributed by atoms with E-state index in [4.69, 9.17) is 5.11 Å². The fraction of sp³-hybridized carbons (Fsp3) is 0.667. The topological polar surface area (TPSA) is 107 Å². The minimum atomic E-state index is -0.982. The number of aliphatic carboxylic acids is 1. The zero-order valence-corrected chi connectivity index (χ0v) is 11.0. The molecule has 2 fully saturated rings. The van der Waals surface area contributed by atoms with Gasteiger partial charge in [-0.05, 0) is 19.3 Å². The van der Waals surface area contributed by atoms with Crippen LogP contribution in [0.4, 0.5) is 4.79 Å². The van der Waals surface area contributed by atoms with Gasteiger partial charge < -0.3 is 15.3 Å². The fourth-order valence-corrected chi connectivity index (χ4v) is 2.54. The van der Waals surface area contributed by atoms with Gasteiger partial charge in [0.25, 0.3) is 0 Å². The van der Waals surface area contributed by atoms with Crippen molar-refractivity contribution in [1.29, 1.82) is 0 Å². The predicted molar refractivity (Wildman–Crippen MR) is 66.7 cm³/mol. The Morgan fingerprint density at radius 3 is 2.70 bits per heavy atom. The number of urea groups is 1. The summed E-state index contributed by atoms with van der Waals surface area (Å²) in [6.07, 6.45) is 1.66. The molecule has 0 radical (unpaired) electrons. The van der Waals surface area contributed by atoms with E-state index >= 15 is 0 Å². The Balaban J connectivity index is 1.79. The van der Waals surface area contributed by atoms with E-state index in [1.807, 2.05) is 0 Å². The molecule has 0 aliphatic carbocycles. The average Bonchev–Trinajstić information content (AvgIpc) is 2.99. The van der Waals surface area contributed by atoms with Crippen LogP contribution < -0.4 is 5.32 Å². The number of rotatable bonds is 5. The molecule has 2 aliphatic heterocycles. The molecule has 8 nitrogen and oxygen atoms in total. The Labute approximate surface area is 115 Å². The van der Waals surface area contributed by atoms with Crippen molar-refractivity contribution in [2.24, 2.45) is 0 Å². The number of carbonyl (C=O) groups excluding carboxylic acids is 3. The highest BCUT2D eigenvalue weighted by molar-refractivity contribution is 6.01. The number of nitrogens with zero attached hydrogens (tertiary/aromatic N) is 2. The molecule has 8 heteroatoms. The highest BCUT2D eigenvalue weighted by Crippen LogP contribution is 2.19. The molecule has 2 N–H and O–H groups in total. The van der Waals surface area contributed by atoms with Gasteiger partial charge in [-0.25, -0.2) is 9.59 Å². The highest BCUT2D eigenvalue weighted by atomic mass is 16.4. The van der Waals surface area contributed by atoms with Crippen molar-refractivity contribution < 1.29 is 24.3 Å². The number of amides is 4. The number of carboxylic acid groups (broad SMARTS) is 1. The van der Waals surface area contributed by atoms with Gasteiger partial charge in [-0.15, -0.1) is 0 Å². The van der Waals surface area contributed by atoms with Crippen LogP contribution >= 0.6 is 0 Å². The van der Waals surface area contributed by atoms with E-state index in [0.29, 0.717) is 25.8 Å². The molecule has 2 heterocycles. The smallest absolute Gasteiger partial charge is 0.326 e. The molecule has 1 atom stereocenters. The molecule has 0 aromatic carbocycles. The number of carbonyl (C=O) groups is 4. The lowest BCUT2D eigenvalue weighted by molar-refractivity contribution is -0.148. The largest absolute Gasteiger partial charge is 0.480 e. The quantitative estimate of drug-likeness (QED) is 0.655. The van der Waals surface area contributed by atoms with Gasteiger partial charge >= 0.3 is 12.0 Å². The van der Waals surface area contributed by atoms with Gasteiger partial charge in [0.2, 0.25) is 11.8 Å². The molecule has 2 rings (SSSR count). The average molecular weight is 283 g/mol. The van der Waals surface area contributed by atoms with Crippen molar-refractivity contribution in [3.05, 3.63) is 0 Å². The van der Waals surface area contributed by atoms with Gasteiger partial charge in [-0.1, -0.05) is 0 Å². The van der Waals surface area contributed by atoms with Crippen LogP contribution in [0.15, 0.2) is 0 Å². The summed E-state index contributed by atoms with van der Waals surface area (Å²) >= 11 is 0. The monoisotopic (exact) mass is 283 g/mol. The standard InChI is InChI=1S/C12H17N3O5/c16-9(14-5-1-3-8(14)11(18)19)4-2-6-15-10(17)7-13-12(15)20/h8H,1-7H2,(H,13,20)(H,18,19)/t8-/m0/s1. The van der Waals surface area contributed by atoms with E-state index in [9.17, 15) is 19.2 Å². The molecule has 2 saturated heterocycles. The summed E-state index contributed by atoms with van der Waals surface area (Å²) in [6.45, 7) is 0.640. The van der Waals surface area contributed by atoms with Crippen LogP contribution in [-0.4, -0.2) is 64.4 Å². The Morgan fingerprint density at radius 1 is 1.35 bits per heavy atom. The maximum atomic E-state index is 12.0. The molecule has 110 valence electrons. The lowest BCUT2D eigenvalue weighted by Crippen LogP contribution is -2.40. The molecule has 0 saturated carbocycles. The summed E-state index contributed by atoms with van der Waals surface area (Å²) < 4.78 is 0. The number of likely N-dealkylation sites (tertiary alicyclic amines) is 1. The van der Waals surface area contributed by atoms with Crippen molar-refractivity contribution in [2.45, 2.75) is 31.7 Å². The second-order valence-electron chi connectivity index (χ2n) is 4.89. The van der Waals surface area contributed by atoms with Crippen LogP contribution in [0.3, 0.4) is 0 Å². The first-order valence-electron chi connectivity index (χ1n) is 6.61. The third-order valence-electron chi connectivity index (χ3n) is 3.57. The van der Waals surface area contributed by atoms with E-state index in [1.165, 1.54) is 4.90 Å². The summed E-state index contributed by atoms with van der Waals surface area (Å²) in [6, 6.07) is -1.17. The molecule has 2 aliphatic rings. The third-order valence-corrected chi connectivity index (χ3v) is 3.57. The lowest BCUT2D eigenvalue weighted by Gasteiger charge is -2.21. The zero-order valence-electron chi connectivity index (χ0n) is 11.0. The number of hydrogen-bond donors (Lipinski definition) is 2. The van der Waals surface area contributed by atoms with Crippen molar-refractivity contribution in [3.8, 4) is 0 Å². The second-order valence-corrected chi connectivity index (χ2v) is 4.89. The lowest BCUT2D eigenvalue weighted by atomic mass is 10.2. The third kappa shape index (κ3) is 2.89. The van der Waals surface area contributed by atoms with Crippen LogP contribution in [-0.2, 0) is 14.4 Å². The van der Waals surface area contributed by atoms with Crippen molar-refractivity contribution in [3.63, 3.8) is 0 Å². The van der Waals surface area contributed by atoms with Gasteiger partial charge in [-0.3, -0.25) is 14.5 Å². The second kappa shape index (κ2) is 5.89. The molecule has 0 bridgehead atoms. The van der Waals surface area contributed by atoms with Crippen LogP contribution in [0.5, 0.6) is 0 Å². The Kier molecular flexibility index (Phi) is 4.21. The summed E-state index contributed by atoms with van der Waals surface area (Å²) in [4.78, 5) is 48.0. The minimum absolute atomic E-state index is 0.00000689. The van der Waals surface area contributed by atoms with Gasteiger partial charge in [0, 0.05) is 19.5 Å². The number of imide groups is 1. The first kappa shape index (κ1) is 14.3. The summed E-state index contributed by atoms with van der Waals surface area (Å²) in [5.74, 6) is -1.51. The molecule has 20 heavy (non-hydrogen) atoms. The van der Waals surface area contributed by atoms with Crippen molar-refractivity contribution in [1.82, 2.24) is 15.1 Å². The normalized spacial score (nSPS) is 22.3. The SMILES string of the molecule is O=C(O)[C@@H]1CCCN1C(=O)CCCN1C(=O)CNC1=O. The minimum Gasteiger partial charge on any atom is -0.480 e. The first-order chi connectivity index (χ1) is 9.50. The number of carboxylic acids is 1. The number of hydrogen-bond acceptors (Lipinski definition) is 4. The van der Waals surface area contributed by atoms with E-state index in [2.05, 4.69) is 5.32 Å². The van der Waals surface area contributed by atoms with Crippen LogP contribution in [0, 0.1) is 0 Å². The van der Waals surface area contributed by atoms with E-state index in [-0.39, 0.29) is 31.3 Å². The Bertz CT molecular complexity index is 434. The highest BCUT2D eigenvalue weighted by Gasteiger charge is 2.34. The van der Waals surface area contributed by atoms with Gasteiger partial charge in [0.15, 0.2) is 0 Å². The van der Waals surface area contributed by atoms with E-state index < -0.39 is 18.0 Å². The summed E-state index contributed by atoms with van der Waals surface area (Å²) in [5, 5.41) is 11.4. The van der Waals surface area contributed by atoms with Gasteiger partial charge in [0.1, 0.15) is 6.04 Å². The predicted octanol–water partition coefficient (Wildman–Crippen LogP) is -0.606. The first-order valence-corrected chi connectivity index (χ1v) is 6.61. The van der Waals surface area contributed by atoms with Crippen molar-refractivity contribution in [2.75, 3.05) is 19.6 Å². The number of nitrogens with one attached hydrogen (secondary N) is 1. The van der Waals surface area contributed by atoms with Crippen molar-refractivity contribution >= 4 is 23.8 Å². The molecule has 0 aromatic rings. The fourth-order valence-electron chi connectivity index (χ4n) is 2.54. The van der Waals surface area contributed by atoms with Crippen LogP contribution in [0.1, 0.15) is 25.7 Å². The molecular formula is C12H17N3O5. The molecular weight excluding hydrogens is 266 g/mol. The van der Waals surface area contributed by atoms with E-state index in [0.717, 1.165) is 4.90 Å². The molecule has 0 aromatic heterocycles. The zero-order chi connectivity index (χ0) is 14.7. The Hall–Kier alpha value is -2.12. The van der Waals surface area contributed by atoms with Gasteiger partial charge in [0.05, 0.1) is 6.54 Å². The molecule has 0 spiro atoms. The summed E-state index contributed by atoms with van der Waals surface area (Å²) in [5.41, 5.74) is 0. The maximum Gasteiger partial charge on any atom is 0.326 e.